The van der Waals surface area contributed by atoms with Crippen molar-refractivity contribution in [2.24, 2.45) is 11.1 Å². The molecule has 21 heavy (non-hydrogen) atoms. The van der Waals surface area contributed by atoms with Crippen LogP contribution in [0.25, 0.3) is 4.96 Å². The summed E-state index contributed by atoms with van der Waals surface area (Å²) in [5.74, 6) is 0.828. The van der Waals surface area contributed by atoms with Crippen molar-refractivity contribution >= 4 is 16.3 Å². The largest absolute Gasteiger partial charge is 0.370 e. The highest BCUT2D eigenvalue weighted by Crippen LogP contribution is 2.29. The molecule has 0 aromatic carbocycles. The summed E-state index contributed by atoms with van der Waals surface area (Å²) in [6.07, 6.45) is 3.88. The summed E-state index contributed by atoms with van der Waals surface area (Å²) in [4.78, 5) is 0.832. The SMILES string of the molecule is CC(C)(C)CC(N)Cc1nn2c(C3CCCO3)nnc2s1. The van der Waals surface area contributed by atoms with Gasteiger partial charge in [-0.05, 0) is 24.7 Å². The maximum Gasteiger partial charge on any atom is 0.234 e. The first kappa shape index (κ1) is 14.9. The number of rotatable bonds is 4. The first-order chi connectivity index (χ1) is 9.92. The Bertz CT molecular complexity index is 608. The Kier molecular flexibility index (Phi) is 3.98. The van der Waals surface area contributed by atoms with Crippen molar-refractivity contribution in [3.05, 3.63) is 10.8 Å². The van der Waals surface area contributed by atoms with Gasteiger partial charge in [-0.1, -0.05) is 32.1 Å². The van der Waals surface area contributed by atoms with Gasteiger partial charge < -0.3 is 10.5 Å². The van der Waals surface area contributed by atoms with Gasteiger partial charge >= 0.3 is 0 Å². The van der Waals surface area contributed by atoms with Gasteiger partial charge in [-0.3, -0.25) is 0 Å². The van der Waals surface area contributed by atoms with Crippen molar-refractivity contribution in [2.45, 2.75) is 58.6 Å². The Morgan fingerprint density at radius 3 is 2.90 bits per heavy atom. The molecule has 0 aliphatic carbocycles. The fourth-order valence-corrected chi connectivity index (χ4v) is 3.75. The van der Waals surface area contributed by atoms with E-state index >= 15 is 0 Å². The van der Waals surface area contributed by atoms with E-state index in [2.05, 4.69) is 36.1 Å². The van der Waals surface area contributed by atoms with E-state index in [1.807, 2.05) is 4.52 Å². The van der Waals surface area contributed by atoms with Crippen molar-refractivity contribution in [3.63, 3.8) is 0 Å². The summed E-state index contributed by atoms with van der Waals surface area (Å²) in [7, 11) is 0. The molecule has 0 saturated carbocycles. The zero-order chi connectivity index (χ0) is 15.0. The lowest BCUT2D eigenvalue weighted by Crippen LogP contribution is -2.28. The molecule has 1 saturated heterocycles. The standard InChI is InChI=1S/C14H23N5OS/c1-14(2,3)8-9(15)7-11-18-19-12(10-5-4-6-20-10)16-17-13(19)21-11/h9-10H,4-8,15H2,1-3H3. The molecule has 0 bridgehead atoms. The van der Waals surface area contributed by atoms with Crippen molar-refractivity contribution < 1.29 is 4.74 Å². The molecule has 3 heterocycles. The van der Waals surface area contributed by atoms with Crippen LogP contribution in [0.15, 0.2) is 0 Å². The lowest BCUT2D eigenvalue weighted by atomic mass is 9.87. The molecule has 0 radical (unpaired) electrons. The molecule has 6 nitrogen and oxygen atoms in total. The first-order valence-electron chi connectivity index (χ1n) is 7.50. The maximum absolute atomic E-state index is 6.24. The van der Waals surface area contributed by atoms with Crippen LogP contribution in [0, 0.1) is 5.41 Å². The second-order valence-electron chi connectivity index (χ2n) is 6.98. The van der Waals surface area contributed by atoms with Gasteiger partial charge in [-0.25, -0.2) is 0 Å². The number of hydrogen-bond donors (Lipinski definition) is 1. The van der Waals surface area contributed by atoms with Crippen LogP contribution in [0.4, 0.5) is 0 Å². The molecule has 2 N–H and O–H groups in total. The lowest BCUT2D eigenvalue weighted by molar-refractivity contribution is 0.103. The van der Waals surface area contributed by atoms with Gasteiger partial charge in [0, 0.05) is 19.1 Å². The number of ether oxygens (including phenoxy) is 1. The molecule has 2 aromatic rings. The number of aromatic nitrogens is 4. The number of nitrogens with two attached hydrogens (primary N) is 1. The molecule has 1 aliphatic heterocycles. The molecule has 7 heteroatoms. The van der Waals surface area contributed by atoms with Crippen LogP contribution in [-0.4, -0.2) is 32.5 Å². The quantitative estimate of drug-likeness (QED) is 0.938. The zero-order valence-corrected chi connectivity index (χ0v) is 13.7. The van der Waals surface area contributed by atoms with Crippen LogP contribution in [0.2, 0.25) is 0 Å². The van der Waals surface area contributed by atoms with Crippen molar-refractivity contribution in [1.29, 1.82) is 0 Å². The number of hydrogen-bond acceptors (Lipinski definition) is 6. The van der Waals surface area contributed by atoms with Crippen LogP contribution in [-0.2, 0) is 11.2 Å². The molecule has 2 aromatic heterocycles. The Hall–Kier alpha value is -1.05. The van der Waals surface area contributed by atoms with Crippen molar-refractivity contribution in [3.8, 4) is 0 Å². The Morgan fingerprint density at radius 1 is 1.43 bits per heavy atom. The van der Waals surface area contributed by atoms with Gasteiger partial charge in [0.1, 0.15) is 11.1 Å². The Morgan fingerprint density at radius 2 is 2.24 bits per heavy atom. The molecular weight excluding hydrogens is 286 g/mol. The first-order valence-corrected chi connectivity index (χ1v) is 8.32. The third-order valence-electron chi connectivity index (χ3n) is 3.59. The van der Waals surface area contributed by atoms with Crippen LogP contribution in [0.5, 0.6) is 0 Å². The fourth-order valence-electron chi connectivity index (χ4n) is 2.82. The zero-order valence-electron chi connectivity index (χ0n) is 12.9. The number of fused-ring (bicyclic) bond motifs is 1. The van der Waals surface area contributed by atoms with Crippen LogP contribution >= 0.6 is 11.3 Å². The van der Waals surface area contributed by atoms with E-state index in [1.165, 1.54) is 0 Å². The van der Waals surface area contributed by atoms with Gasteiger partial charge in [0.2, 0.25) is 4.96 Å². The van der Waals surface area contributed by atoms with Gasteiger partial charge in [0.15, 0.2) is 5.82 Å². The highest BCUT2D eigenvalue weighted by molar-refractivity contribution is 7.16. The minimum Gasteiger partial charge on any atom is -0.370 e. The lowest BCUT2D eigenvalue weighted by Gasteiger charge is -2.22. The van der Waals surface area contributed by atoms with Gasteiger partial charge in [-0.15, -0.1) is 10.2 Å². The highest BCUT2D eigenvalue weighted by Gasteiger charge is 2.25. The minimum absolute atomic E-state index is 0.0400. The van der Waals surface area contributed by atoms with Crippen LogP contribution in [0.3, 0.4) is 0 Å². The van der Waals surface area contributed by atoms with E-state index in [-0.39, 0.29) is 17.6 Å². The van der Waals surface area contributed by atoms with E-state index in [1.54, 1.807) is 11.3 Å². The van der Waals surface area contributed by atoms with Crippen molar-refractivity contribution in [1.82, 2.24) is 19.8 Å². The van der Waals surface area contributed by atoms with Gasteiger partial charge in [-0.2, -0.15) is 9.61 Å². The average Bonchev–Trinajstić information content (AvgIpc) is 2.99. The summed E-state index contributed by atoms with van der Waals surface area (Å²) in [5.41, 5.74) is 6.48. The van der Waals surface area contributed by atoms with E-state index in [9.17, 15) is 0 Å². The van der Waals surface area contributed by atoms with Crippen LogP contribution < -0.4 is 5.73 Å². The molecule has 0 spiro atoms. The molecule has 2 unspecified atom stereocenters. The normalized spacial score (nSPS) is 21.2. The summed E-state index contributed by atoms with van der Waals surface area (Å²) in [6.45, 7) is 7.43. The third-order valence-corrected chi connectivity index (χ3v) is 4.51. The second-order valence-corrected chi connectivity index (χ2v) is 8.02. The summed E-state index contributed by atoms with van der Waals surface area (Å²) in [5, 5.41) is 14.1. The molecule has 1 fully saturated rings. The Balaban J connectivity index is 1.75. The van der Waals surface area contributed by atoms with Crippen molar-refractivity contribution in [2.75, 3.05) is 6.61 Å². The summed E-state index contributed by atoms with van der Waals surface area (Å²) in [6, 6.07) is 0.125. The highest BCUT2D eigenvalue weighted by atomic mass is 32.1. The average molecular weight is 309 g/mol. The maximum atomic E-state index is 6.24. The van der Waals surface area contributed by atoms with E-state index < -0.39 is 0 Å². The molecule has 116 valence electrons. The third kappa shape index (κ3) is 3.41. The summed E-state index contributed by atoms with van der Waals surface area (Å²) >= 11 is 1.57. The predicted octanol–water partition coefficient (Wildman–Crippen LogP) is 2.34. The predicted molar refractivity (Wildman–Crippen MR) is 82.3 cm³/mol. The second kappa shape index (κ2) is 5.62. The van der Waals surface area contributed by atoms with Gasteiger partial charge in [0.05, 0.1) is 0 Å². The van der Waals surface area contributed by atoms with Crippen LogP contribution in [0.1, 0.15) is 57.0 Å². The van der Waals surface area contributed by atoms with E-state index in [0.29, 0.717) is 0 Å². The molecule has 3 rings (SSSR count). The summed E-state index contributed by atoms with van der Waals surface area (Å²) < 4.78 is 7.51. The molecule has 1 aliphatic rings. The fraction of sp³-hybridized carbons (Fsp3) is 0.786. The van der Waals surface area contributed by atoms with E-state index in [0.717, 1.165) is 48.1 Å². The topological polar surface area (TPSA) is 78.3 Å². The van der Waals surface area contributed by atoms with E-state index in [4.69, 9.17) is 10.5 Å². The molecule has 0 amide bonds. The van der Waals surface area contributed by atoms with Gasteiger partial charge in [0.25, 0.3) is 0 Å². The smallest absolute Gasteiger partial charge is 0.234 e. The molecule has 2 atom stereocenters. The monoisotopic (exact) mass is 309 g/mol. The molecular formula is C14H23N5OS. The Labute approximate surface area is 128 Å². The number of nitrogens with zero attached hydrogens (tertiary/aromatic N) is 4. The minimum atomic E-state index is 0.0400.